The number of nitrogens with zero attached hydrogens (tertiary/aromatic N) is 2. The quantitative estimate of drug-likeness (QED) is 0.716. The Balaban J connectivity index is 2.69. The molecule has 1 unspecified atom stereocenters. The number of aliphatic hydroxyl groups excluding tert-OH is 1. The molecule has 0 amide bonds. The summed E-state index contributed by atoms with van der Waals surface area (Å²) in [5.74, 6) is -0.509. The van der Waals surface area contributed by atoms with Crippen molar-refractivity contribution in [3.05, 3.63) is 35.9 Å². The SMILES string of the molecule is C=C(CC(O)c1cnc(C)nc1)C(=O)O. The third-order valence-corrected chi connectivity index (χ3v) is 1.93. The summed E-state index contributed by atoms with van der Waals surface area (Å²) >= 11 is 0. The Morgan fingerprint density at radius 1 is 1.53 bits per heavy atom. The zero-order chi connectivity index (χ0) is 11.4. The topological polar surface area (TPSA) is 83.3 Å². The first-order chi connectivity index (χ1) is 7.00. The fourth-order valence-electron chi connectivity index (χ4n) is 1.01. The molecule has 5 nitrogen and oxygen atoms in total. The summed E-state index contributed by atoms with van der Waals surface area (Å²) in [6.45, 7) is 5.07. The Morgan fingerprint density at radius 3 is 2.53 bits per heavy atom. The molecule has 0 aromatic carbocycles. The predicted molar refractivity (Wildman–Crippen MR) is 53.1 cm³/mol. The number of hydrogen-bond acceptors (Lipinski definition) is 4. The van der Waals surface area contributed by atoms with Gasteiger partial charge in [-0.1, -0.05) is 6.58 Å². The lowest BCUT2D eigenvalue weighted by atomic mass is 10.1. The van der Waals surface area contributed by atoms with E-state index in [4.69, 9.17) is 5.11 Å². The van der Waals surface area contributed by atoms with Crippen LogP contribution < -0.4 is 0 Å². The molecule has 0 aliphatic rings. The largest absolute Gasteiger partial charge is 0.478 e. The van der Waals surface area contributed by atoms with E-state index >= 15 is 0 Å². The van der Waals surface area contributed by atoms with Gasteiger partial charge in [0.2, 0.25) is 0 Å². The van der Waals surface area contributed by atoms with Crippen molar-refractivity contribution in [2.45, 2.75) is 19.4 Å². The second kappa shape index (κ2) is 4.65. The molecule has 1 aromatic heterocycles. The van der Waals surface area contributed by atoms with Gasteiger partial charge in [-0.05, 0) is 6.92 Å². The van der Waals surface area contributed by atoms with Crippen LogP contribution in [0.5, 0.6) is 0 Å². The third-order valence-electron chi connectivity index (χ3n) is 1.93. The molecular formula is C10H12N2O3. The molecule has 0 aliphatic heterocycles. The first-order valence-corrected chi connectivity index (χ1v) is 4.38. The zero-order valence-corrected chi connectivity index (χ0v) is 8.34. The van der Waals surface area contributed by atoms with E-state index < -0.39 is 12.1 Å². The lowest BCUT2D eigenvalue weighted by Crippen LogP contribution is -2.06. The molecule has 2 N–H and O–H groups in total. The fraction of sp³-hybridized carbons (Fsp3) is 0.300. The number of aromatic nitrogens is 2. The second-order valence-corrected chi connectivity index (χ2v) is 3.19. The Hall–Kier alpha value is -1.75. The van der Waals surface area contributed by atoms with E-state index in [2.05, 4.69) is 16.5 Å². The molecule has 0 spiro atoms. The number of carboxylic acids is 1. The minimum absolute atomic E-state index is 0.0260. The van der Waals surface area contributed by atoms with Gasteiger partial charge in [0.05, 0.1) is 6.10 Å². The van der Waals surface area contributed by atoms with E-state index in [0.717, 1.165) is 0 Å². The standard InChI is InChI=1S/C10H12N2O3/c1-6(10(14)15)3-9(13)8-4-11-7(2)12-5-8/h4-5,9,13H,1,3H2,2H3,(H,14,15). The molecule has 5 heteroatoms. The first kappa shape index (κ1) is 11.3. The molecule has 0 saturated heterocycles. The molecule has 1 aromatic rings. The van der Waals surface area contributed by atoms with E-state index in [1.807, 2.05) is 0 Å². The van der Waals surface area contributed by atoms with Crippen molar-refractivity contribution < 1.29 is 15.0 Å². The maximum Gasteiger partial charge on any atom is 0.331 e. The summed E-state index contributed by atoms with van der Waals surface area (Å²) in [6.07, 6.45) is 2.00. The summed E-state index contributed by atoms with van der Waals surface area (Å²) in [7, 11) is 0. The van der Waals surface area contributed by atoms with Gasteiger partial charge >= 0.3 is 5.97 Å². The van der Waals surface area contributed by atoms with Crippen LogP contribution in [-0.4, -0.2) is 26.2 Å². The van der Waals surface area contributed by atoms with Crippen LogP contribution in [0, 0.1) is 6.92 Å². The van der Waals surface area contributed by atoms with Crippen LogP contribution in [0.4, 0.5) is 0 Å². The fourth-order valence-corrected chi connectivity index (χ4v) is 1.01. The Labute approximate surface area is 87.1 Å². The van der Waals surface area contributed by atoms with Crippen LogP contribution in [0.15, 0.2) is 24.5 Å². The average Bonchev–Trinajstić information content (AvgIpc) is 2.18. The summed E-state index contributed by atoms with van der Waals surface area (Å²) in [4.78, 5) is 18.3. The van der Waals surface area contributed by atoms with Crippen LogP contribution in [0.25, 0.3) is 0 Å². The average molecular weight is 208 g/mol. The maximum absolute atomic E-state index is 10.5. The van der Waals surface area contributed by atoms with Gasteiger partial charge < -0.3 is 10.2 Å². The summed E-state index contributed by atoms with van der Waals surface area (Å²) < 4.78 is 0. The van der Waals surface area contributed by atoms with Crippen LogP contribution >= 0.6 is 0 Å². The number of carboxylic acid groups (broad SMARTS) is 1. The van der Waals surface area contributed by atoms with Crippen molar-refractivity contribution in [3.63, 3.8) is 0 Å². The van der Waals surface area contributed by atoms with Gasteiger partial charge in [-0.25, -0.2) is 14.8 Å². The number of aliphatic hydroxyl groups is 1. The summed E-state index contributed by atoms with van der Waals surface area (Å²) in [5.41, 5.74) is 0.450. The lowest BCUT2D eigenvalue weighted by molar-refractivity contribution is -0.133. The van der Waals surface area contributed by atoms with E-state index in [9.17, 15) is 9.90 Å². The number of aliphatic carboxylic acids is 1. The summed E-state index contributed by atoms with van der Waals surface area (Å²) in [5, 5.41) is 18.2. The van der Waals surface area contributed by atoms with Crippen molar-refractivity contribution in [1.29, 1.82) is 0 Å². The Kier molecular flexibility index (Phi) is 3.51. The maximum atomic E-state index is 10.5. The molecule has 80 valence electrons. The Morgan fingerprint density at radius 2 is 2.07 bits per heavy atom. The van der Waals surface area contributed by atoms with Gasteiger partial charge in [-0.15, -0.1) is 0 Å². The molecule has 0 aliphatic carbocycles. The minimum atomic E-state index is -1.11. The number of rotatable bonds is 4. The summed E-state index contributed by atoms with van der Waals surface area (Å²) in [6, 6.07) is 0. The smallest absolute Gasteiger partial charge is 0.331 e. The van der Waals surface area contributed by atoms with Gasteiger partial charge in [0.25, 0.3) is 0 Å². The number of hydrogen-bond donors (Lipinski definition) is 2. The molecule has 0 fully saturated rings. The van der Waals surface area contributed by atoms with Crippen LogP contribution in [0.2, 0.25) is 0 Å². The zero-order valence-electron chi connectivity index (χ0n) is 8.34. The highest BCUT2D eigenvalue weighted by Crippen LogP contribution is 2.18. The van der Waals surface area contributed by atoms with Crippen LogP contribution in [0.1, 0.15) is 23.9 Å². The van der Waals surface area contributed by atoms with Crippen LogP contribution in [-0.2, 0) is 4.79 Å². The van der Waals surface area contributed by atoms with E-state index in [0.29, 0.717) is 11.4 Å². The van der Waals surface area contributed by atoms with Gasteiger partial charge in [0.1, 0.15) is 5.82 Å². The molecule has 0 radical (unpaired) electrons. The van der Waals surface area contributed by atoms with Crippen molar-refractivity contribution in [3.8, 4) is 0 Å². The molecule has 0 bridgehead atoms. The van der Waals surface area contributed by atoms with Crippen molar-refractivity contribution in [2.75, 3.05) is 0 Å². The van der Waals surface area contributed by atoms with E-state index in [1.165, 1.54) is 12.4 Å². The number of carbonyl (C=O) groups is 1. The molecule has 0 saturated carbocycles. The van der Waals surface area contributed by atoms with Crippen molar-refractivity contribution >= 4 is 5.97 Å². The highest BCUT2D eigenvalue weighted by Gasteiger charge is 2.13. The molecule has 1 atom stereocenters. The third kappa shape index (κ3) is 3.14. The monoisotopic (exact) mass is 208 g/mol. The van der Waals surface area contributed by atoms with Crippen molar-refractivity contribution in [2.24, 2.45) is 0 Å². The molecule has 1 heterocycles. The Bertz CT molecular complexity index is 373. The van der Waals surface area contributed by atoms with Gasteiger partial charge in [0.15, 0.2) is 0 Å². The molecular weight excluding hydrogens is 196 g/mol. The highest BCUT2D eigenvalue weighted by molar-refractivity contribution is 5.85. The van der Waals surface area contributed by atoms with Gasteiger partial charge in [0, 0.05) is 30.0 Å². The number of aryl methyl sites for hydroxylation is 1. The normalized spacial score (nSPS) is 12.1. The van der Waals surface area contributed by atoms with Gasteiger partial charge in [-0.2, -0.15) is 0 Å². The minimum Gasteiger partial charge on any atom is -0.478 e. The first-order valence-electron chi connectivity index (χ1n) is 4.38. The predicted octanol–water partition coefficient (Wildman–Crippen LogP) is 0.849. The van der Waals surface area contributed by atoms with Gasteiger partial charge in [-0.3, -0.25) is 0 Å². The molecule has 1 rings (SSSR count). The second-order valence-electron chi connectivity index (χ2n) is 3.19. The molecule has 15 heavy (non-hydrogen) atoms. The lowest BCUT2D eigenvalue weighted by Gasteiger charge is -2.09. The highest BCUT2D eigenvalue weighted by atomic mass is 16.4. The van der Waals surface area contributed by atoms with E-state index in [1.54, 1.807) is 6.92 Å². The van der Waals surface area contributed by atoms with Crippen LogP contribution in [0.3, 0.4) is 0 Å². The van der Waals surface area contributed by atoms with E-state index in [-0.39, 0.29) is 12.0 Å². The van der Waals surface area contributed by atoms with Crippen molar-refractivity contribution in [1.82, 2.24) is 9.97 Å².